The summed E-state index contributed by atoms with van der Waals surface area (Å²) in [6.07, 6.45) is 9.03. The quantitative estimate of drug-likeness (QED) is 0.591. The second-order valence-corrected chi connectivity index (χ2v) is 6.93. The largest absolute Gasteiger partial charge is 0.376 e. The van der Waals surface area contributed by atoms with Gasteiger partial charge in [0, 0.05) is 23.8 Å². The van der Waals surface area contributed by atoms with E-state index in [0.717, 1.165) is 18.5 Å². The highest BCUT2D eigenvalue weighted by atomic mass is 16.2. The molecule has 0 aliphatic heterocycles. The molecule has 26 heavy (non-hydrogen) atoms. The molecule has 0 radical (unpaired) electrons. The fraction of sp³-hybridized carbons (Fsp3) is 0.524. The molecule has 3 N–H and O–H groups in total. The number of carbonyl (C=O) groups is 2. The minimum Gasteiger partial charge on any atom is -0.376 e. The molecule has 0 heterocycles. The Morgan fingerprint density at radius 2 is 2.08 bits per heavy atom. The van der Waals surface area contributed by atoms with Crippen LogP contribution in [0.1, 0.15) is 62.7 Å². The molecule has 0 fully saturated rings. The number of anilines is 1. The zero-order chi connectivity index (χ0) is 18.8. The standard InChI is InChI=1S/C21H31N3O2/c1-3-16(2)24-21(26)18-10-7-11-19(14-18)23-15-20(25)22-13-12-17-8-5-4-6-9-17/h7-8,10-11,14,16,23H,3-6,9,12-13,15H2,1-2H3,(H,22,25)(H,24,26). The predicted octanol–water partition coefficient (Wildman–Crippen LogP) is 3.63. The molecule has 0 saturated carbocycles. The van der Waals surface area contributed by atoms with Crippen molar-refractivity contribution in [2.24, 2.45) is 0 Å². The second kappa shape index (κ2) is 10.6. The van der Waals surface area contributed by atoms with Gasteiger partial charge in [0.2, 0.25) is 5.91 Å². The molecule has 0 bridgehead atoms. The monoisotopic (exact) mass is 357 g/mol. The van der Waals surface area contributed by atoms with Gasteiger partial charge in [-0.2, -0.15) is 0 Å². The van der Waals surface area contributed by atoms with E-state index in [2.05, 4.69) is 22.0 Å². The molecule has 1 aliphatic rings. The highest BCUT2D eigenvalue weighted by molar-refractivity contribution is 5.95. The van der Waals surface area contributed by atoms with Gasteiger partial charge in [-0.15, -0.1) is 0 Å². The van der Waals surface area contributed by atoms with Crippen LogP contribution in [-0.4, -0.2) is 30.9 Å². The number of rotatable bonds is 9. The van der Waals surface area contributed by atoms with Crippen LogP contribution in [0.5, 0.6) is 0 Å². The summed E-state index contributed by atoms with van der Waals surface area (Å²) in [6.45, 7) is 4.90. The Labute approximate surface area is 156 Å². The smallest absolute Gasteiger partial charge is 0.251 e. The summed E-state index contributed by atoms with van der Waals surface area (Å²) in [6, 6.07) is 7.38. The Balaban J connectivity index is 1.74. The van der Waals surface area contributed by atoms with Gasteiger partial charge < -0.3 is 16.0 Å². The minimum absolute atomic E-state index is 0.0316. The lowest BCUT2D eigenvalue weighted by Gasteiger charge is -2.14. The third kappa shape index (κ3) is 6.90. The summed E-state index contributed by atoms with van der Waals surface area (Å²) in [7, 11) is 0. The van der Waals surface area contributed by atoms with Crippen LogP contribution in [0.2, 0.25) is 0 Å². The third-order valence-electron chi connectivity index (χ3n) is 4.72. The van der Waals surface area contributed by atoms with Gasteiger partial charge in [-0.25, -0.2) is 0 Å². The van der Waals surface area contributed by atoms with Gasteiger partial charge in [-0.1, -0.05) is 24.6 Å². The Morgan fingerprint density at radius 1 is 1.23 bits per heavy atom. The van der Waals surface area contributed by atoms with E-state index >= 15 is 0 Å². The highest BCUT2D eigenvalue weighted by Gasteiger charge is 2.09. The molecule has 1 atom stereocenters. The number of hydrogen-bond acceptors (Lipinski definition) is 3. The Hall–Kier alpha value is -2.30. The van der Waals surface area contributed by atoms with Gasteiger partial charge in [-0.3, -0.25) is 9.59 Å². The van der Waals surface area contributed by atoms with E-state index in [-0.39, 0.29) is 24.4 Å². The number of nitrogens with one attached hydrogen (secondary N) is 3. The first-order valence-corrected chi connectivity index (χ1v) is 9.68. The van der Waals surface area contributed by atoms with Crippen LogP contribution in [-0.2, 0) is 4.79 Å². The molecule has 1 aliphatic carbocycles. The molecule has 1 aromatic rings. The maximum absolute atomic E-state index is 12.2. The van der Waals surface area contributed by atoms with Crippen molar-refractivity contribution < 1.29 is 9.59 Å². The Kier molecular flexibility index (Phi) is 8.19. The van der Waals surface area contributed by atoms with Crippen molar-refractivity contribution in [1.29, 1.82) is 0 Å². The third-order valence-corrected chi connectivity index (χ3v) is 4.72. The van der Waals surface area contributed by atoms with E-state index in [1.807, 2.05) is 26.0 Å². The van der Waals surface area contributed by atoms with Crippen molar-refractivity contribution in [2.75, 3.05) is 18.4 Å². The number of carbonyl (C=O) groups excluding carboxylic acids is 2. The zero-order valence-electron chi connectivity index (χ0n) is 15.9. The van der Waals surface area contributed by atoms with Crippen molar-refractivity contribution in [2.45, 2.75) is 58.4 Å². The first-order chi connectivity index (χ1) is 12.6. The summed E-state index contributed by atoms with van der Waals surface area (Å²) in [5, 5.41) is 8.98. The SMILES string of the molecule is CCC(C)NC(=O)c1cccc(NCC(=O)NCCC2=CCCCC2)c1. The van der Waals surface area contributed by atoms with Crippen molar-refractivity contribution in [1.82, 2.24) is 10.6 Å². The number of benzene rings is 1. The summed E-state index contributed by atoms with van der Waals surface area (Å²) in [5.74, 6) is -0.121. The van der Waals surface area contributed by atoms with Gasteiger partial charge in [-0.05, 0) is 63.6 Å². The van der Waals surface area contributed by atoms with E-state index in [0.29, 0.717) is 12.1 Å². The molecular weight excluding hydrogens is 326 g/mol. The minimum atomic E-state index is -0.0896. The molecule has 1 unspecified atom stereocenters. The number of amides is 2. The first kappa shape index (κ1) is 20.0. The lowest BCUT2D eigenvalue weighted by molar-refractivity contribution is -0.119. The number of allylic oxidation sites excluding steroid dienone is 1. The van der Waals surface area contributed by atoms with Crippen LogP contribution >= 0.6 is 0 Å². The lowest BCUT2D eigenvalue weighted by Crippen LogP contribution is -2.32. The lowest BCUT2D eigenvalue weighted by atomic mass is 9.97. The fourth-order valence-corrected chi connectivity index (χ4v) is 2.92. The average Bonchev–Trinajstić information content (AvgIpc) is 2.67. The topological polar surface area (TPSA) is 70.2 Å². The van der Waals surface area contributed by atoms with Gasteiger partial charge in [0.15, 0.2) is 0 Å². The van der Waals surface area contributed by atoms with E-state index in [9.17, 15) is 9.59 Å². The molecule has 5 heteroatoms. The van der Waals surface area contributed by atoms with Crippen molar-refractivity contribution in [3.8, 4) is 0 Å². The van der Waals surface area contributed by atoms with Crippen molar-refractivity contribution in [3.63, 3.8) is 0 Å². The summed E-state index contributed by atoms with van der Waals surface area (Å²) in [5.41, 5.74) is 2.83. The number of hydrogen-bond donors (Lipinski definition) is 3. The van der Waals surface area contributed by atoms with Crippen molar-refractivity contribution in [3.05, 3.63) is 41.5 Å². The van der Waals surface area contributed by atoms with Gasteiger partial charge >= 0.3 is 0 Å². The normalized spacial score (nSPS) is 14.9. The van der Waals surface area contributed by atoms with Crippen molar-refractivity contribution >= 4 is 17.5 Å². The maximum Gasteiger partial charge on any atom is 0.251 e. The van der Waals surface area contributed by atoms with Gasteiger partial charge in [0.1, 0.15) is 0 Å². The van der Waals surface area contributed by atoms with E-state index in [1.54, 1.807) is 12.1 Å². The van der Waals surface area contributed by atoms with Crippen LogP contribution in [0.3, 0.4) is 0 Å². The summed E-state index contributed by atoms with van der Waals surface area (Å²) in [4.78, 5) is 24.2. The highest BCUT2D eigenvalue weighted by Crippen LogP contribution is 2.19. The molecule has 0 spiro atoms. The van der Waals surface area contributed by atoms with Crippen LogP contribution in [0.25, 0.3) is 0 Å². The molecule has 2 amide bonds. The van der Waals surface area contributed by atoms with Crippen LogP contribution in [0, 0.1) is 0 Å². The average molecular weight is 357 g/mol. The fourth-order valence-electron chi connectivity index (χ4n) is 2.92. The van der Waals surface area contributed by atoms with E-state index in [4.69, 9.17) is 0 Å². The van der Waals surface area contributed by atoms with Crippen LogP contribution in [0.4, 0.5) is 5.69 Å². The molecule has 2 rings (SSSR count). The Bertz CT molecular complexity index is 640. The second-order valence-electron chi connectivity index (χ2n) is 6.93. The molecule has 1 aromatic carbocycles. The molecule has 5 nitrogen and oxygen atoms in total. The first-order valence-electron chi connectivity index (χ1n) is 9.68. The Morgan fingerprint density at radius 3 is 2.81 bits per heavy atom. The summed E-state index contributed by atoms with van der Waals surface area (Å²) >= 11 is 0. The zero-order valence-corrected chi connectivity index (χ0v) is 15.9. The van der Waals surface area contributed by atoms with Gasteiger partial charge in [0.05, 0.1) is 6.54 Å². The summed E-state index contributed by atoms with van der Waals surface area (Å²) < 4.78 is 0. The molecule has 0 saturated heterocycles. The molecule has 0 aromatic heterocycles. The maximum atomic E-state index is 12.2. The van der Waals surface area contributed by atoms with E-state index in [1.165, 1.54) is 31.3 Å². The molecule has 142 valence electrons. The van der Waals surface area contributed by atoms with Crippen LogP contribution in [0.15, 0.2) is 35.9 Å². The van der Waals surface area contributed by atoms with Gasteiger partial charge in [0.25, 0.3) is 5.91 Å². The molecular formula is C21H31N3O2. The van der Waals surface area contributed by atoms with Crippen LogP contribution < -0.4 is 16.0 Å². The van der Waals surface area contributed by atoms with E-state index < -0.39 is 0 Å². The predicted molar refractivity (Wildman–Crippen MR) is 106 cm³/mol.